The molecule has 1 aromatic heterocycles. The monoisotopic (exact) mass is 274 g/mol. The number of benzene rings is 1. The number of nitrogens with zero attached hydrogens (tertiary/aromatic N) is 2. The standard InChI is InChI=1S/C15H18N2OS/c1-11-9-17(8-7-13-10-19-12(2)16-13)14-5-3-4-6-15(14)18-11/h3-6,10-11H,7-9H2,1-2H3. The summed E-state index contributed by atoms with van der Waals surface area (Å²) in [4.78, 5) is 6.93. The van der Waals surface area contributed by atoms with Crippen molar-refractivity contribution in [2.45, 2.75) is 26.4 Å². The third-order valence-corrected chi connectivity index (χ3v) is 4.14. The van der Waals surface area contributed by atoms with Crippen molar-refractivity contribution in [3.63, 3.8) is 0 Å². The van der Waals surface area contributed by atoms with Gasteiger partial charge in [-0.15, -0.1) is 11.3 Å². The van der Waals surface area contributed by atoms with Crippen molar-refractivity contribution in [1.82, 2.24) is 4.98 Å². The normalized spacial score (nSPS) is 18.0. The molecule has 0 N–H and O–H groups in total. The fraction of sp³-hybridized carbons (Fsp3) is 0.400. The van der Waals surface area contributed by atoms with Gasteiger partial charge in [0.25, 0.3) is 0 Å². The van der Waals surface area contributed by atoms with Gasteiger partial charge in [0.15, 0.2) is 0 Å². The van der Waals surface area contributed by atoms with Crippen LogP contribution >= 0.6 is 11.3 Å². The number of fused-ring (bicyclic) bond motifs is 1. The molecule has 100 valence electrons. The number of aryl methyl sites for hydroxylation is 1. The fourth-order valence-corrected chi connectivity index (χ4v) is 3.11. The van der Waals surface area contributed by atoms with Gasteiger partial charge in [0.1, 0.15) is 11.9 Å². The second-order valence-corrected chi connectivity index (χ2v) is 6.01. The molecule has 0 saturated heterocycles. The van der Waals surface area contributed by atoms with Crippen molar-refractivity contribution < 1.29 is 4.74 Å². The van der Waals surface area contributed by atoms with Crippen molar-refractivity contribution >= 4 is 17.0 Å². The van der Waals surface area contributed by atoms with Crippen LogP contribution in [0.3, 0.4) is 0 Å². The lowest BCUT2D eigenvalue weighted by atomic mass is 10.2. The van der Waals surface area contributed by atoms with Gasteiger partial charge in [0.05, 0.1) is 22.9 Å². The number of ether oxygens (including phenoxy) is 1. The van der Waals surface area contributed by atoms with E-state index in [0.717, 1.165) is 30.3 Å². The first-order valence-electron chi connectivity index (χ1n) is 6.64. The Bertz CT molecular complexity index is 567. The van der Waals surface area contributed by atoms with Gasteiger partial charge in [0.2, 0.25) is 0 Å². The second kappa shape index (κ2) is 5.21. The molecule has 0 radical (unpaired) electrons. The van der Waals surface area contributed by atoms with Crippen LogP contribution in [0.1, 0.15) is 17.6 Å². The van der Waals surface area contributed by atoms with Gasteiger partial charge in [0, 0.05) is 18.3 Å². The van der Waals surface area contributed by atoms with Crippen LogP contribution < -0.4 is 9.64 Å². The number of rotatable bonds is 3. The Kier molecular flexibility index (Phi) is 3.42. The Morgan fingerprint density at radius 2 is 2.26 bits per heavy atom. The molecule has 1 aromatic carbocycles. The molecular weight excluding hydrogens is 256 g/mol. The Morgan fingerprint density at radius 1 is 1.42 bits per heavy atom. The first kappa shape index (κ1) is 12.5. The minimum atomic E-state index is 0.243. The first-order valence-corrected chi connectivity index (χ1v) is 7.52. The number of hydrogen-bond donors (Lipinski definition) is 0. The molecule has 3 rings (SSSR count). The summed E-state index contributed by atoms with van der Waals surface area (Å²) in [5, 5.41) is 3.30. The van der Waals surface area contributed by atoms with E-state index in [4.69, 9.17) is 4.74 Å². The van der Waals surface area contributed by atoms with Crippen LogP contribution in [0.4, 0.5) is 5.69 Å². The van der Waals surface area contributed by atoms with E-state index >= 15 is 0 Å². The number of thiazole rings is 1. The van der Waals surface area contributed by atoms with Crippen molar-refractivity contribution in [2.24, 2.45) is 0 Å². The molecule has 19 heavy (non-hydrogen) atoms. The van der Waals surface area contributed by atoms with Gasteiger partial charge in [-0.1, -0.05) is 12.1 Å². The Morgan fingerprint density at radius 3 is 3.05 bits per heavy atom. The molecule has 0 aliphatic carbocycles. The van der Waals surface area contributed by atoms with Crippen LogP contribution in [0, 0.1) is 6.92 Å². The van der Waals surface area contributed by atoms with Crippen molar-refractivity contribution in [3.05, 3.63) is 40.3 Å². The summed E-state index contributed by atoms with van der Waals surface area (Å²) in [7, 11) is 0. The summed E-state index contributed by atoms with van der Waals surface area (Å²) >= 11 is 1.72. The van der Waals surface area contributed by atoms with Gasteiger partial charge >= 0.3 is 0 Å². The summed E-state index contributed by atoms with van der Waals surface area (Å²) < 4.78 is 5.86. The molecule has 0 spiro atoms. The largest absolute Gasteiger partial charge is 0.487 e. The highest BCUT2D eigenvalue weighted by Gasteiger charge is 2.22. The number of para-hydroxylation sites is 2. The predicted octanol–water partition coefficient (Wildman–Crippen LogP) is 3.28. The Hall–Kier alpha value is -1.55. The highest BCUT2D eigenvalue weighted by atomic mass is 32.1. The third-order valence-electron chi connectivity index (χ3n) is 3.32. The first-order chi connectivity index (χ1) is 9.22. The highest BCUT2D eigenvalue weighted by Crippen LogP contribution is 2.32. The van der Waals surface area contributed by atoms with Crippen molar-refractivity contribution in [2.75, 3.05) is 18.0 Å². The zero-order valence-electron chi connectivity index (χ0n) is 11.3. The zero-order valence-corrected chi connectivity index (χ0v) is 12.1. The lowest BCUT2D eigenvalue weighted by molar-refractivity contribution is 0.212. The Balaban J connectivity index is 1.74. The molecule has 1 aliphatic rings. The maximum absolute atomic E-state index is 5.86. The molecule has 0 fully saturated rings. The van der Waals surface area contributed by atoms with E-state index in [1.54, 1.807) is 11.3 Å². The van der Waals surface area contributed by atoms with Gasteiger partial charge in [-0.3, -0.25) is 0 Å². The summed E-state index contributed by atoms with van der Waals surface area (Å²) in [6.07, 6.45) is 1.23. The molecule has 0 saturated carbocycles. The van der Waals surface area contributed by atoms with E-state index in [-0.39, 0.29) is 6.10 Å². The van der Waals surface area contributed by atoms with E-state index in [1.807, 2.05) is 12.1 Å². The lowest BCUT2D eigenvalue weighted by Crippen LogP contribution is -2.39. The van der Waals surface area contributed by atoms with E-state index in [9.17, 15) is 0 Å². The SMILES string of the molecule is Cc1nc(CCN2CC(C)Oc3ccccc32)cs1. The van der Waals surface area contributed by atoms with Gasteiger partial charge in [-0.05, 0) is 26.0 Å². The summed E-state index contributed by atoms with van der Waals surface area (Å²) in [6.45, 7) is 6.12. The molecule has 0 amide bonds. The minimum Gasteiger partial charge on any atom is -0.487 e. The minimum absolute atomic E-state index is 0.243. The summed E-state index contributed by atoms with van der Waals surface area (Å²) in [6, 6.07) is 8.27. The van der Waals surface area contributed by atoms with Gasteiger partial charge < -0.3 is 9.64 Å². The maximum Gasteiger partial charge on any atom is 0.143 e. The number of anilines is 1. The van der Waals surface area contributed by atoms with Crippen LogP contribution in [0.5, 0.6) is 5.75 Å². The van der Waals surface area contributed by atoms with E-state index in [1.165, 1.54) is 11.4 Å². The van der Waals surface area contributed by atoms with E-state index < -0.39 is 0 Å². The second-order valence-electron chi connectivity index (χ2n) is 4.95. The average molecular weight is 274 g/mol. The lowest BCUT2D eigenvalue weighted by Gasteiger charge is -2.34. The fourth-order valence-electron chi connectivity index (χ4n) is 2.47. The molecule has 1 unspecified atom stereocenters. The average Bonchev–Trinajstić information content (AvgIpc) is 2.81. The third kappa shape index (κ3) is 2.73. The van der Waals surface area contributed by atoms with E-state index in [2.05, 4.69) is 41.2 Å². The molecule has 3 nitrogen and oxygen atoms in total. The number of aromatic nitrogens is 1. The van der Waals surface area contributed by atoms with Gasteiger partial charge in [-0.2, -0.15) is 0 Å². The molecule has 4 heteroatoms. The quantitative estimate of drug-likeness (QED) is 0.859. The summed E-state index contributed by atoms with van der Waals surface area (Å²) in [5.74, 6) is 0.996. The van der Waals surface area contributed by atoms with Crippen molar-refractivity contribution in [1.29, 1.82) is 0 Å². The smallest absolute Gasteiger partial charge is 0.143 e. The molecule has 0 bridgehead atoms. The predicted molar refractivity (Wildman–Crippen MR) is 79.3 cm³/mol. The molecule has 1 aliphatic heterocycles. The van der Waals surface area contributed by atoms with Crippen molar-refractivity contribution in [3.8, 4) is 5.75 Å². The molecule has 1 atom stereocenters. The summed E-state index contributed by atoms with van der Waals surface area (Å²) in [5.41, 5.74) is 2.40. The van der Waals surface area contributed by atoms with Crippen LogP contribution in [-0.2, 0) is 6.42 Å². The topological polar surface area (TPSA) is 25.4 Å². The van der Waals surface area contributed by atoms with Gasteiger partial charge in [-0.25, -0.2) is 4.98 Å². The maximum atomic E-state index is 5.86. The molecule has 2 aromatic rings. The molecule has 2 heterocycles. The van der Waals surface area contributed by atoms with E-state index in [0.29, 0.717) is 0 Å². The Labute approximate surface area is 117 Å². The van der Waals surface area contributed by atoms with Crippen LogP contribution in [0.2, 0.25) is 0 Å². The van der Waals surface area contributed by atoms with Crippen LogP contribution in [0.25, 0.3) is 0 Å². The highest BCUT2D eigenvalue weighted by molar-refractivity contribution is 7.09. The molecular formula is C15H18N2OS. The zero-order chi connectivity index (χ0) is 13.2. The number of hydrogen-bond acceptors (Lipinski definition) is 4. The van der Waals surface area contributed by atoms with Crippen LogP contribution in [-0.4, -0.2) is 24.2 Å². The van der Waals surface area contributed by atoms with Crippen LogP contribution in [0.15, 0.2) is 29.6 Å².